The van der Waals surface area contributed by atoms with Gasteiger partial charge < -0.3 is 14.3 Å². The Morgan fingerprint density at radius 3 is 2.93 bits per heavy atom. The number of methoxy groups -OCH3 is 1. The van der Waals surface area contributed by atoms with Gasteiger partial charge >= 0.3 is 5.97 Å². The first kappa shape index (κ1) is 9.58. The minimum atomic E-state index is -0.890. The van der Waals surface area contributed by atoms with Crippen LogP contribution in [0.4, 0.5) is 0 Å². The van der Waals surface area contributed by atoms with E-state index in [-0.39, 0.29) is 6.42 Å². The molecule has 1 aromatic heterocycles. The highest BCUT2D eigenvalue weighted by atomic mass is 16.5. The zero-order valence-electron chi connectivity index (χ0n) is 8.19. The molecule has 0 fully saturated rings. The standard InChI is InChI=1S/C11H10O4/c1-14-10-8(6-9(12)13)3-2-7-4-5-15-11(7)10/h2-5H,6H2,1H3,(H,12,13). The Labute approximate surface area is 86.1 Å². The molecule has 1 heterocycles. The van der Waals surface area contributed by atoms with E-state index in [0.717, 1.165) is 5.39 Å². The third kappa shape index (κ3) is 1.66. The van der Waals surface area contributed by atoms with Gasteiger partial charge in [0.25, 0.3) is 0 Å². The van der Waals surface area contributed by atoms with E-state index in [2.05, 4.69) is 0 Å². The van der Waals surface area contributed by atoms with Gasteiger partial charge in [-0.15, -0.1) is 0 Å². The highest BCUT2D eigenvalue weighted by Crippen LogP contribution is 2.30. The SMILES string of the molecule is COc1c(CC(=O)O)ccc2ccoc12. The number of carbonyl (C=O) groups is 1. The maximum Gasteiger partial charge on any atom is 0.307 e. The summed E-state index contributed by atoms with van der Waals surface area (Å²) in [4.78, 5) is 10.6. The fourth-order valence-corrected chi connectivity index (χ4v) is 1.57. The number of rotatable bonds is 3. The van der Waals surface area contributed by atoms with Crippen LogP contribution < -0.4 is 4.74 Å². The number of carboxylic acids is 1. The van der Waals surface area contributed by atoms with Gasteiger partial charge in [-0.3, -0.25) is 4.79 Å². The Bertz CT molecular complexity index is 498. The summed E-state index contributed by atoms with van der Waals surface area (Å²) in [6, 6.07) is 5.37. The van der Waals surface area contributed by atoms with Crippen molar-refractivity contribution in [2.45, 2.75) is 6.42 Å². The smallest absolute Gasteiger partial charge is 0.307 e. The molecular weight excluding hydrogens is 196 g/mol. The fraction of sp³-hybridized carbons (Fsp3) is 0.182. The van der Waals surface area contributed by atoms with Gasteiger partial charge in [-0.05, 0) is 6.07 Å². The molecule has 0 saturated carbocycles. The summed E-state index contributed by atoms with van der Waals surface area (Å²) in [5, 5.41) is 9.63. The monoisotopic (exact) mass is 206 g/mol. The van der Waals surface area contributed by atoms with E-state index in [1.807, 2.05) is 12.1 Å². The van der Waals surface area contributed by atoms with Gasteiger partial charge in [0.05, 0.1) is 19.8 Å². The number of carboxylic acid groups (broad SMARTS) is 1. The van der Waals surface area contributed by atoms with Gasteiger partial charge in [0.2, 0.25) is 0 Å². The molecule has 0 aliphatic rings. The highest BCUT2D eigenvalue weighted by molar-refractivity contribution is 5.86. The summed E-state index contributed by atoms with van der Waals surface area (Å²) in [7, 11) is 1.50. The lowest BCUT2D eigenvalue weighted by molar-refractivity contribution is -0.136. The van der Waals surface area contributed by atoms with Crippen LogP contribution in [0.2, 0.25) is 0 Å². The first-order valence-corrected chi connectivity index (χ1v) is 4.47. The van der Waals surface area contributed by atoms with Crippen molar-refractivity contribution in [1.29, 1.82) is 0 Å². The van der Waals surface area contributed by atoms with Crippen molar-refractivity contribution >= 4 is 16.9 Å². The molecular formula is C11H10O4. The molecule has 4 heteroatoms. The van der Waals surface area contributed by atoms with Crippen molar-refractivity contribution < 1.29 is 19.1 Å². The second kappa shape index (κ2) is 3.65. The van der Waals surface area contributed by atoms with E-state index >= 15 is 0 Å². The number of benzene rings is 1. The fourth-order valence-electron chi connectivity index (χ4n) is 1.57. The average Bonchev–Trinajstić information content (AvgIpc) is 2.64. The number of fused-ring (bicyclic) bond motifs is 1. The molecule has 0 amide bonds. The molecule has 0 spiro atoms. The van der Waals surface area contributed by atoms with Crippen molar-refractivity contribution in [3.05, 3.63) is 30.0 Å². The van der Waals surface area contributed by atoms with E-state index in [9.17, 15) is 4.79 Å². The third-order valence-corrected chi connectivity index (χ3v) is 2.20. The molecule has 0 atom stereocenters. The van der Waals surface area contributed by atoms with Crippen molar-refractivity contribution in [2.24, 2.45) is 0 Å². The zero-order valence-corrected chi connectivity index (χ0v) is 8.19. The van der Waals surface area contributed by atoms with Gasteiger partial charge in [0.15, 0.2) is 11.3 Å². The zero-order chi connectivity index (χ0) is 10.8. The predicted octanol–water partition coefficient (Wildman–Crippen LogP) is 2.07. The summed E-state index contributed by atoms with van der Waals surface area (Å²) in [5.74, 6) is -0.390. The molecule has 78 valence electrons. The van der Waals surface area contributed by atoms with Crippen LogP contribution in [0, 0.1) is 0 Å². The molecule has 0 aliphatic carbocycles. The quantitative estimate of drug-likeness (QED) is 0.835. The molecule has 4 nitrogen and oxygen atoms in total. The Morgan fingerprint density at radius 1 is 1.47 bits per heavy atom. The summed E-state index contributed by atoms with van der Waals surface area (Å²) >= 11 is 0. The number of hydrogen-bond donors (Lipinski definition) is 1. The van der Waals surface area contributed by atoms with Crippen molar-refractivity contribution in [3.63, 3.8) is 0 Å². The maximum atomic E-state index is 10.6. The lowest BCUT2D eigenvalue weighted by Crippen LogP contribution is -2.02. The normalized spacial score (nSPS) is 10.5. The van der Waals surface area contributed by atoms with E-state index in [0.29, 0.717) is 16.9 Å². The Hall–Kier alpha value is -1.97. The van der Waals surface area contributed by atoms with Gasteiger partial charge in [-0.25, -0.2) is 0 Å². The number of aliphatic carboxylic acids is 1. The lowest BCUT2D eigenvalue weighted by atomic mass is 10.1. The minimum Gasteiger partial charge on any atom is -0.493 e. The van der Waals surface area contributed by atoms with Crippen LogP contribution in [0.15, 0.2) is 28.9 Å². The first-order chi connectivity index (χ1) is 7.22. The summed E-state index contributed by atoms with van der Waals surface area (Å²) < 4.78 is 10.4. The molecule has 0 bridgehead atoms. The lowest BCUT2D eigenvalue weighted by Gasteiger charge is -2.06. The first-order valence-electron chi connectivity index (χ1n) is 4.47. The van der Waals surface area contributed by atoms with Gasteiger partial charge in [-0.1, -0.05) is 12.1 Å². The molecule has 0 saturated heterocycles. The number of ether oxygens (including phenoxy) is 1. The van der Waals surface area contributed by atoms with Gasteiger partial charge in [0, 0.05) is 10.9 Å². The van der Waals surface area contributed by atoms with Crippen molar-refractivity contribution in [3.8, 4) is 5.75 Å². The number of furan rings is 1. The number of hydrogen-bond acceptors (Lipinski definition) is 3. The molecule has 1 N–H and O–H groups in total. The van der Waals surface area contributed by atoms with Crippen LogP contribution in [-0.4, -0.2) is 18.2 Å². The van der Waals surface area contributed by atoms with E-state index in [4.69, 9.17) is 14.3 Å². The molecule has 1 aromatic carbocycles. The Morgan fingerprint density at radius 2 is 2.27 bits per heavy atom. The summed E-state index contributed by atoms with van der Waals surface area (Å²) in [6.45, 7) is 0. The van der Waals surface area contributed by atoms with Crippen LogP contribution in [0.3, 0.4) is 0 Å². The minimum absolute atomic E-state index is 0.0696. The Kier molecular flexibility index (Phi) is 2.33. The van der Waals surface area contributed by atoms with Crippen molar-refractivity contribution in [2.75, 3.05) is 7.11 Å². The largest absolute Gasteiger partial charge is 0.493 e. The predicted molar refractivity (Wildman–Crippen MR) is 54.1 cm³/mol. The average molecular weight is 206 g/mol. The molecule has 2 aromatic rings. The van der Waals surface area contributed by atoms with Crippen LogP contribution in [0.25, 0.3) is 11.0 Å². The second-order valence-electron chi connectivity index (χ2n) is 3.17. The molecule has 0 unspecified atom stereocenters. The maximum absolute atomic E-state index is 10.6. The van der Waals surface area contributed by atoms with Crippen LogP contribution >= 0.6 is 0 Å². The highest BCUT2D eigenvalue weighted by Gasteiger charge is 2.13. The van der Waals surface area contributed by atoms with Gasteiger partial charge in [-0.2, -0.15) is 0 Å². The van der Waals surface area contributed by atoms with E-state index in [1.54, 1.807) is 12.3 Å². The molecule has 0 aliphatic heterocycles. The van der Waals surface area contributed by atoms with Crippen molar-refractivity contribution in [1.82, 2.24) is 0 Å². The topological polar surface area (TPSA) is 59.7 Å². The van der Waals surface area contributed by atoms with E-state index < -0.39 is 5.97 Å². The summed E-state index contributed by atoms with van der Waals surface area (Å²) in [6.07, 6.45) is 1.48. The third-order valence-electron chi connectivity index (χ3n) is 2.20. The molecule has 15 heavy (non-hydrogen) atoms. The Balaban J connectivity index is 2.58. The van der Waals surface area contributed by atoms with Crippen LogP contribution in [0.5, 0.6) is 5.75 Å². The molecule has 2 rings (SSSR count). The van der Waals surface area contributed by atoms with Crippen LogP contribution in [-0.2, 0) is 11.2 Å². The van der Waals surface area contributed by atoms with E-state index in [1.165, 1.54) is 7.11 Å². The molecule has 0 radical (unpaired) electrons. The second-order valence-corrected chi connectivity index (χ2v) is 3.17. The summed E-state index contributed by atoms with van der Waals surface area (Å²) in [5.41, 5.74) is 1.21. The van der Waals surface area contributed by atoms with Crippen LogP contribution in [0.1, 0.15) is 5.56 Å². The van der Waals surface area contributed by atoms with Gasteiger partial charge in [0.1, 0.15) is 0 Å².